The van der Waals surface area contributed by atoms with Gasteiger partial charge in [-0.2, -0.15) is 0 Å². The molecule has 25 heavy (non-hydrogen) atoms. The Balaban J connectivity index is 0.00000312. The molecule has 0 spiro atoms. The van der Waals surface area contributed by atoms with Gasteiger partial charge in [0, 0.05) is 23.7 Å². The summed E-state index contributed by atoms with van der Waals surface area (Å²) in [6, 6.07) is 15.7. The van der Waals surface area contributed by atoms with E-state index < -0.39 is 10.8 Å². The summed E-state index contributed by atoms with van der Waals surface area (Å²) in [5.41, 5.74) is 0.932. The fraction of sp³-hybridized carbons (Fsp3) is 0.278. The van der Waals surface area contributed by atoms with Crippen molar-refractivity contribution in [2.45, 2.75) is 18.4 Å². The van der Waals surface area contributed by atoms with Crippen molar-refractivity contribution in [1.29, 1.82) is 0 Å². The van der Waals surface area contributed by atoms with E-state index in [0.717, 1.165) is 17.0 Å². The minimum atomic E-state index is -1.03. The van der Waals surface area contributed by atoms with Gasteiger partial charge in [0.2, 0.25) is 0 Å². The van der Waals surface area contributed by atoms with Gasteiger partial charge in [-0.25, -0.2) is 9.38 Å². The average molecular weight is 475 g/mol. The van der Waals surface area contributed by atoms with Crippen LogP contribution in [0.1, 0.15) is 12.5 Å². The topological polar surface area (TPSA) is 53.5 Å². The molecule has 0 aliphatic rings. The molecule has 0 radical (unpaired) electrons. The van der Waals surface area contributed by atoms with E-state index in [0.29, 0.717) is 24.8 Å². The van der Waals surface area contributed by atoms with Gasteiger partial charge in [-0.1, -0.05) is 30.3 Å². The zero-order valence-electron chi connectivity index (χ0n) is 14.1. The van der Waals surface area contributed by atoms with Crippen molar-refractivity contribution in [2.24, 2.45) is 4.99 Å². The lowest BCUT2D eigenvalue weighted by Gasteiger charge is -2.11. The molecule has 4 nitrogen and oxygen atoms in total. The largest absolute Gasteiger partial charge is 0.357 e. The van der Waals surface area contributed by atoms with Crippen LogP contribution in [0.15, 0.2) is 64.5 Å². The van der Waals surface area contributed by atoms with Crippen molar-refractivity contribution in [3.63, 3.8) is 0 Å². The summed E-state index contributed by atoms with van der Waals surface area (Å²) in [5.74, 6) is 0.911. The minimum Gasteiger partial charge on any atom is -0.357 e. The molecule has 136 valence electrons. The monoisotopic (exact) mass is 475 g/mol. The van der Waals surface area contributed by atoms with Gasteiger partial charge in [0.15, 0.2) is 5.96 Å². The molecule has 0 aliphatic heterocycles. The third-order valence-corrected chi connectivity index (χ3v) is 4.64. The Labute approximate surface area is 167 Å². The van der Waals surface area contributed by atoms with Gasteiger partial charge in [0.05, 0.1) is 17.3 Å². The lowest BCUT2D eigenvalue weighted by atomic mass is 10.2. The van der Waals surface area contributed by atoms with Crippen molar-refractivity contribution in [2.75, 3.05) is 18.8 Å². The second-order valence-corrected chi connectivity index (χ2v) is 6.68. The number of halogens is 2. The summed E-state index contributed by atoms with van der Waals surface area (Å²) in [6.07, 6.45) is 0. The second-order valence-electron chi connectivity index (χ2n) is 5.11. The molecule has 0 bridgehead atoms. The van der Waals surface area contributed by atoms with Crippen LogP contribution in [0.5, 0.6) is 0 Å². The number of nitrogens with one attached hydrogen (secondary N) is 2. The van der Waals surface area contributed by atoms with Crippen LogP contribution in [0, 0.1) is 5.82 Å². The molecule has 0 heterocycles. The molecule has 2 aromatic rings. The van der Waals surface area contributed by atoms with Crippen LogP contribution in [-0.4, -0.2) is 29.0 Å². The van der Waals surface area contributed by atoms with E-state index in [2.05, 4.69) is 15.6 Å². The molecule has 0 fully saturated rings. The smallest absolute Gasteiger partial charge is 0.191 e. The van der Waals surface area contributed by atoms with E-state index in [4.69, 9.17) is 0 Å². The fourth-order valence-corrected chi connectivity index (χ4v) is 3.04. The quantitative estimate of drug-likeness (QED) is 0.367. The standard InChI is InChI=1S/C18H22FN3OS.HI/c1-2-20-18(22-14-15-8-10-16(19)11-9-15)21-12-13-24(23)17-6-4-3-5-7-17;/h3-11H,2,12-14H2,1H3,(H2,20,21,22);1H. The molecule has 2 rings (SSSR count). The first-order valence-electron chi connectivity index (χ1n) is 7.89. The maximum atomic E-state index is 12.9. The zero-order valence-corrected chi connectivity index (χ0v) is 17.2. The summed E-state index contributed by atoms with van der Waals surface area (Å²) >= 11 is 0. The Morgan fingerprint density at radius 3 is 2.40 bits per heavy atom. The van der Waals surface area contributed by atoms with E-state index in [-0.39, 0.29) is 29.8 Å². The van der Waals surface area contributed by atoms with Crippen LogP contribution in [0.25, 0.3) is 0 Å². The predicted molar refractivity (Wildman–Crippen MR) is 112 cm³/mol. The Hall–Kier alpha value is -1.48. The zero-order chi connectivity index (χ0) is 17.2. The van der Waals surface area contributed by atoms with Gasteiger partial charge in [-0.15, -0.1) is 24.0 Å². The van der Waals surface area contributed by atoms with Crippen molar-refractivity contribution < 1.29 is 8.60 Å². The molecule has 1 unspecified atom stereocenters. The minimum absolute atomic E-state index is 0. The van der Waals surface area contributed by atoms with Gasteiger partial charge < -0.3 is 10.6 Å². The van der Waals surface area contributed by atoms with E-state index in [1.165, 1.54) is 12.1 Å². The normalized spacial score (nSPS) is 12.2. The third kappa shape index (κ3) is 7.96. The number of benzene rings is 2. The molecule has 0 aromatic heterocycles. The lowest BCUT2D eigenvalue weighted by Crippen LogP contribution is -2.39. The molecule has 0 amide bonds. The third-order valence-electron chi connectivity index (χ3n) is 3.26. The Morgan fingerprint density at radius 1 is 1.08 bits per heavy atom. The highest BCUT2D eigenvalue weighted by atomic mass is 127. The van der Waals surface area contributed by atoms with Crippen molar-refractivity contribution in [3.8, 4) is 0 Å². The number of hydrogen-bond acceptors (Lipinski definition) is 2. The molecule has 0 saturated heterocycles. The number of aliphatic imine (C=N–C) groups is 1. The molecule has 2 N–H and O–H groups in total. The number of nitrogens with zero attached hydrogens (tertiary/aromatic N) is 1. The van der Waals surface area contributed by atoms with Crippen LogP contribution in [0.4, 0.5) is 4.39 Å². The highest BCUT2D eigenvalue weighted by Crippen LogP contribution is 2.05. The maximum Gasteiger partial charge on any atom is 0.191 e. The maximum absolute atomic E-state index is 12.9. The molecule has 0 aliphatic carbocycles. The second kappa shape index (κ2) is 12.0. The highest BCUT2D eigenvalue weighted by molar-refractivity contribution is 14.0. The van der Waals surface area contributed by atoms with Crippen molar-refractivity contribution >= 4 is 40.7 Å². The number of hydrogen-bond donors (Lipinski definition) is 2. The Bertz CT molecular complexity index is 680. The van der Waals surface area contributed by atoms with Gasteiger partial charge in [-0.05, 0) is 36.8 Å². The summed E-state index contributed by atoms with van der Waals surface area (Å²) in [7, 11) is -1.03. The first kappa shape index (κ1) is 21.6. The highest BCUT2D eigenvalue weighted by Gasteiger charge is 2.04. The van der Waals surface area contributed by atoms with Gasteiger partial charge in [0.25, 0.3) is 0 Å². The van der Waals surface area contributed by atoms with E-state index in [1.54, 1.807) is 12.1 Å². The van der Waals surface area contributed by atoms with Crippen molar-refractivity contribution in [3.05, 3.63) is 66.0 Å². The number of rotatable bonds is 7. The van der Waals surface area contributed by atoms with Gasteiger partial charge in [0.1, 0.15) is 5.82 Å². The summed E-state index contributed by atoms with van der Waals surface area (Å²) in [5, 5.41) is 6.32. The van der Waals surface area contributed by atoms with Crippen LogP contribution < -0.4 is 10.6 Å². The van der Waals surface area contributed by atoms with E-state index in [9.17, 15) is 8.60 Å². The fourth-order valence-electron chi connectivity index (χ4n) is 2.05. The van der Waals surface area contributed by atoms with Gasteiger partial charge >= 0.3 is 0 Å². The summed E-state index contributed by atoms with van der Waals surface area (Å²) in [4.78, 5) is 5.28. The molecule has 0 saturated carbocycles. The Morgan fingerprint density at radius 2 is 1.76 bits per heavy atom. The van der Waals surface area contributed by atoms with Gasteiger partial charge in [-0.3, -0.25) is 4.21 Å². The van der Waals surface area contributed by atoms with E-state index >= 15 is 0 Å². The summed E-state index contributed by atoms with van der Waals surface area (Å²) in [6.45, 7) is 3.72. The van der Waals surface area contributed by atoms with Crippen LogP contribution in [0.2, 0.25) is 0 Å². The molecular formula is C18H23FIN3OS. The van der Waals surface area contributed by atoms with Crippen LogP contribution in [-0.2, 0) is 17.3 Å². The van der Waals surface area contributed by atoms with Crippen LogP contribution >= 0.6 is 24.0 Å². The molecule has 1 atom stereocenters. The predicted octanol–water partition coefficient (Wildman–Crippen LogP) is 3.31. The number of guanidine groups is 1. The molecule has 2 aromatic carbocycles. The first-order chi connectivity index (χ1) is 11.7. The van der Waals surface area contributed by atoms with Crippen molar-refractivity contribution in [1.82, 2.24) is 10.6 Å². The summed E-state index contributed by atoms with van der Waals surface area (Å²) < 4.78 is 25.1. The van der Waals surface area contributed by atoms with Crippen LogP contribution in [0.3, 0.4) is 0 Å². The molecule has 7 heteroatoms. The first-order valence-corrected chi connectivity index (χ1v) is 9.21. The Kier molecular flexibility index (Phi) is 10.3. The average Bonchev–Trinajstić information content (AvgIpc) is 2.61. The SMILES string of the molecule is CCNC(=NCc1ccc(F)cc1)NCCS(=O)c1ccccc1.I. The van der Waals surface area contributed by atoms with E-state index in [1.807, 2.05) is 37.3 Å². The lowest BCUT2D eigenvalue weighted by molar-refractivity contribution is 0.627. The molecular weight excluding hydrogens is 452 g/mol.